The third-order valence-corrected chi connectivity index (χ3v) is 5.14. The van der Waals surface area contributed by atoms with E-state index in [-0.39, 0.29) is 18.5 Å². The number of nitrogens with zero attached hydrogens (tertiary/aromatic N) is 6. The van der Waals surface area contributed by atoms with E-state index < -0.39 is 6.10 Å². The summed E-state index contributed by atoms with van der Waals surface area (Å²) in [6, 6.07) is 7.49. The third kappa shape index (κ3) is 3.56. The SMILES string of the molecule is Cc1ccnn1CC(=O)N1C[C@@H](O)[C@H](N(C)Cc2ccc3nonc3c2)C1. The second kappa shape index (κ2) is 7.09. The lowest BCUT2D eigenvalue weighted by molar-refractivity contribution is -0.131. The number of carbonyl (C=O) groups is 1. The summed E-state index contributed by atoms with van der Waals surface area (Å²) in [7, 11) is 1.95. The predicted octanol–water partition coefficient (Wildman–Crippen LogP) is 0.431. The van der Waals surface area contributed by atoms with Gasteiger partial charge in [-0.15, -0.1) is 0 Å². The van der Waals surface area contributed by atoms with E-state index in [0.29, 0.717) is 30.7 Å². The lowest BCUT2D eigenvalue weighted by Gasteiger charge is -2.26. The van der Waals surface area contributed by atoms with Gasteiger partial charge in [0.1, 0.15) is 17.6 Å². The van der Waals surface area contributed by atoms with Gasteiger partial charge in [-0.25, -0.2) is 4.63 Å². The van der Waals surface area contributed by atoms with Crippen LogP contribution in [0.4, 0.5) is 0 Å². The zero-order valence-corrected chi connectivity index (χ0v) is 15.3. The molecule has 3 aromatic rings. The minimum atomic E-state index is -0.588. The number of aliphatic hydroxyl groups excluding tert-OH is 1. The summed E-state index contributed by atoms with van der Waals surface area (Å²) in [5, 5.41) is 22.3. The molecule has 9 heteroatoms. The Balaban J connectivity index is 1.39. The summed E-state index contributed by atoms with van der Waals surface area (Å²) in [6.07, 6.45) is 1.09. The number of β-amino-alcohol motifs (C(OH)–C–C–N with tert-alkyl or cyclic N) is 1. The Hall–Kier alpha value is -2.78. The fourth-order valence-corrected chi connectivity index (χ4v) is 3.53. The maximum absolute atomic E-state index is 12.6. The first-order chi connectivity index (χ1) is 13.0. The lowest BCUT2D eigenvalue weighted by atomic mass is 10.1. The van der Waals surface area contributed by atoms with E-state index in [2.05, 4.69) is 20.3 Å². The van der Waals surface area contributed by atoms with Crippen molar-refractivity contribution in [1.82, 2.24) is 29.9 Å². The molecule has 1 aromatic carbocycles. The van der Waals surface area contributed by atoms with E-state index in [0.717, 1.165) is 11.3 Å². The summed E-state index contributed by atoms with van der Waals surface area (Å²) in [5.41, 5.74) is 3.41. The molecular weight excluding hydrogens is 348 g/mol. The number of likely N-dealkylation sites (N-methyl/N-ethyl adjacent to an activating group) is 1. The molecular formula is C18H22N6O3. The van der Waals surface area contributed by atoms with Gasteiger partial charge in [0.15, 0.2) is 0 Å². The monoisotopic (exact) mass is 370 g/mol. The molecule has 1 amide bonds. The highest BCUT2D eigenvalue weighted by Crippen LogP contribution is 2.19. The van der Waals surface area contributed by atoms with Crippen molar-refractivity contribution >= 4 is 16.9 Å². The topological polar surface area (TPSA) is 101 Å². The van der Waals surface area contributed by atoms with E-state index >= 15 is 0 Å². The number of hydrogen-bond acceptors (Lipinski definition) is 7. The molecule has 9 nitrogen and oxygen atoms in total. The van der Waals surface area contributed by atoms with Crippen LogP contribution in [0.5, 0.6) is 0 Å². The van der Waals surface area contributed by atoms with Crippen LogP contribution in [0.3, 0.4) is 0 Å². The van der Waals surface area contributed by atoms with Gasteiger partial charge < -0.3 is 10.0 Å². The summed E-state index contributed by atoms with van der Waals surface area (Å²) < 4.78 is 6.40. The number of aliphatic hydroxyl groups is 1. The van der Waals surface area contributed by atoms with E-state index in [1.54, 1.807) is 15.8 Å². The van der Waals surface area contributed by atoms with Crippen molar-refractivity contribution < 1.29 is 14.5 Å². The molecule has 1 aliphatic rings. The Morgan fingerprint density at radius 3 is 2.89 bits per heavy atom. The summed E-state index contributed by atoms with van der Waals surface area (Å²) in [5.74, 6) is -0.0353. The van der Waals surface area contributed by atoms with Gasteiger partial charge in [0.25, 0.3) is 0 Å². The molecule has 0 radical (unpaired) electrons. The molecule has 2 atom stereocenters. The minimum Gasteiger partial charge on any atom is -0.390 e. The van der Waals surface area contributed by atoms with Gasteiger partial charge >= 0.3 is 0 Å². The molecule has 1 aliphatic heterocycles. The molecule has 1 fully saturated rings. The van der Waals surface area contributed by atoms with E-state index in [4.69, 9.17) is 4.63 Å². The maximum atomic E-state index is 12.6. The van der Waals surface area contributed by atoms with Gasteiger partial charge in [-0.1, -0.05) is 6.07 Å². The zero-order chi connectivity index (χ0) is 19.0. The number of aromatic nitrogens is 4. The first-order valence-corrected chi connectivity index (χ1v) is 8.87. The first-order valence-electron chi connectivity index (χ1n) is 8.87. The molecule has 0 bridgehead atoms. The predicted molar refractivity (Wildman–Crippen MR) is 96.6 cm³/mol. The number of fused-ring (bicyclic) bond motifs is 1. The van der Waals surface area contributed by atoms with Crippen molar-refractivity contribution in [2.24, 2.45) is 0 Å². The number of benzene rings is 1. The van der Waals surface area contributed by atoms with E-state index in [1.165, 1.54) is 0 Å². The van der Waals surface area contributed by atoms with Crippen LogP contribution in [0, 0.1) is 6.92 Å². The number of aryl methyl sites for hydroxylation is 1. The Morgan fingerprint density at radius 2 is 2.11 bits per heavy atom. The molecule has 3 heterocycles. The number of amides is 1. The van der Waals surface area contributed by atoms with Gasteiger partial charge in [-0.3, -0.25) is 14.4 Å². The average molecular weight is 370 g/mol. The Labute approximate surface area is 156 Å². The lowest BCUT2D eigenvalue weighted by Crippen LogP contribution is -2.40. The van der Waals surface area contributed by atoms with Crippen molar-refractivity contribution in [2.45, 2.75) is 32.2 Å². The third-order valence-electron chi connectivity index (χ3n) is 5.14. The second-order valence-corrected chi connectivity index (χ2v) is 7.07. The van der Waals surface area contributed by atoms with Crippen LogP contribution >= 0.6 is 0 Å². The van der Waals surface area contributed by atoms with Crippen LogP contribution in [-0.4, -0.2) is 73.2 Å². The molecule has 2 aromatic heterocycles. The molecule has 4 rings (SSSR count). The summed E-state index contributed by atoms with van der Waals surface area (Å²) in [4.78, 5) is 16.3. The highest BCUT2D eigenvalue weighted by molar-refractivity contribution is 5.76. The average Bonchev–Trinajstić information content (AvgIpc) is 3.35. The van der Waals surface area contributed by atoms with Crippen LogP contribution in [0.15, 0.2) is 35.1 Å². The van der Waals surface area contributed by atoms with Crippen molar-refractivity contribution in [3.63, 3.8) is 0 Å². The van der Waals surface area contributed by atoms with Crippen molar-refractivity contribution in [2.75, 3.05) is 20.1 Å². The van der Waals surface area contributed by atoms with E-state index in [1.807, 2.05) is 38.2 Å². The van der Waals surface area contributed by atoms with Crippen LogP contribution in [0.2, 0.25) is 0 Å². The van der Waals surface area contributed by atoms with Gasteiger partial charge in [0.05, 0.1) is 12.1 Å². The standard InChI is InChI=1S/C18H22N6O3/c1-12-5-6-19-24(12)11-18(26)23-9-16(17(25)10-23)22(2)8-13-3-4-14-15(7-13)21-27-20-14/h3-7,16-17,25H,8-11H2,1-2H3/t16-,17-/m1/s1. The molecule has 1 N–H and O–H groups in total. The highest BCUT2D eigenvalue weighted by Gasteiger charge is 2.36. The fraction of sp³-hybridized carbons (Fsp3) is 0.444. The molecule has 1 saturated heterocycles. The fourth-order valence-electron chi connectivity index (χ4n) is 3.53. The number of rotatable bonds is 5. The normalized spacial score (nSPS) is 20.1. The number of carbonyl (C=O) groups excluding carboxylic acids is 1. The van der Waals surface area contributed by atoms with Gasteiger partial charge in [0.2, 0.25) is 5.91 Å². The smallest absolute Gasteiger partial charge is 0.244 e. The molecule has 0 aliphatic carbocycles. The largest absolute Gasteiger partial charge is 0.390 e. The van der Waals surface area contributed by atoms with Crippen LogP contribution in [0.1, 0.15) is 11.3 Å². The van der Waals surface area contributed by atoms with Crippen LogP contribution in [0.25, 0.3) is 11.0 Å². The van der Waals surface area contributed by atoms with Crippen molar-refractivity contribution in [3.05, 3.63) is 41.7 Å². The number of likely N-dealkylation sites (tertiary alicyclic amines) is 1. The maximum Gasteiger partial charge on any atom is 0.244 e. The second-order valence-electron chi connectivity index (χ2n) is 7.07. The Bertz CT molecular complexity index is 951. The van der Waals surface area contributed by atoms with Gasteiger partial charge in [0, 0.05) is 31.5 Å². The minimum absolute atomic E-state index is 0.0353. The Morgan fingerprint density at radius 1 is 1.30 bits per heavy atom. The van der Waals surface area contributed by atoms with Crippen molar-refractivity contribution in [3.8, 4) is 0 Å². The van der Waals surface area contributed by atoms with Crippen molar-refractivity contribution in [1.29, 1.82) is 0 Å². The molecule has 0 saturated carbocycles. The Kier molecular flexibility index (Phi) is 4.63. The van der Waals surface area contributed by atoms with Crippen LogP contribution in [-0.2, 0) is 17.9 Å². The van der Waals surface area contributed by atoms with Gasteiger partial charge in [-0.05, 0) is 48.0 Å². The van der Waals surface area contributed by atoms with Crippen LogP contribution < -0.4 is 0 Å². The van der Waals surface area contributed by atoms with Gasteiger partial charge in [-0.2, -0.15) is 5.10 Å². The molecule has 0 unspecified atom stereocenters. The van der Waals surface area contributed by atoms with E-state index in [9.17, 15) is 9.90 Å². The molecule has 142 valence electrons. The quantitative estimate of drug-likeness (QED) is 0.695. The summed E-state index contributed by atoms with van der Waals surface area (Å²) in [6.45, 7) is 3.56. The highest BCUT2D eigenvalue weighted by atomic mass is 16.6. The molecule has 0 spiro atoms. The summed E-state index contributed by atoms with van der Waals surface area (Å²) >= 11 is 0. The number of hydrogen-bond donors (Lipinski definition) is 1. The molecule has 27 heavy (non-hydrogen) atoms. The zero-order valence-electron chi connectivity index (χ0n) is 15.3. The first kappa shape index (κ1) is 17.6.